The van der Waals surface area contributed by atoms with Gasteiger partial charge in [-0.3, -0.25) is 9.69 Å². The molecule has 1 N–H and O–H groups in total. The van der Waals surface area contributed by atoms with Crippen LogP contribution in [0.3, 0.4) is 0 Å². The molecule has 1 saturated heterocycles. The summed E-state index contributed by atoms with van der Waals surface area (Å²) in [5.41, 5.74) is 1.99. The molecule has 0 atom stereocenters. The van der Waals surface area contributed by atoms with E-state index < -0.39 is 0 Å². The van der Waals surface area contributed by atoms with Crippen molar-refractivity contribution in [3.8, 4) is 0 Å². The minimum Gasteiger partial charge on any atom is -0.379 e. The summed E-state index contributed by atoms with van der Waals surface area (Å²) in [6, 6.07) is 10.1. The van der Waals surface area contributed by atoms with Crippen LogP contribution < -0.4 is 10.2 Å². The molecule has 0 spiro atoms. The van der Waals surface area contributed by atoms with Gasteiger partial charge in [0.1, 0.15) is 4.83 Å². The second-order valence-electron chi connectivity index (χ2n) is 7.86. The van der Waals surface area contributed by atoms with E-state index in [4.69, 9.17) is 4.74 Å². The minimum absolute atomic E-state index is 0.0901. The molecule has 4 heterocycles. The zero-order valence-corrected chi connectivity index (χ0v) is 19.3. The van der Waals surface area contributed by atoms with Crippen LogP contribution in [0.4, 0.5) is 10.8 Å². The van der Waals surface area contributed by atoms with Crippen LogP contribution in [0.15, 0.2) is 36.5 Å². The van der Waals surface area contributed by atoms with E-state index in [1.807, 2.05) is 37.2 Å². The quantitative estimate of drug-likeness (QED) is 0.477. The van der Waals surface area contributed by atoms with Gasteiger partial charge in [0.15, 0.2) is 5.13 Å². The van der Waals surface area contributed by atoms with Gasteiger partial charge in [0.25, 0.3) is 5.91 Å². The second-order valence-corrected chi connectivity index (χ2v) is 9.90. The number of fused-ring (bicyclic) bond motifs is 2. The average Bonchev–Trinajstić information content (AvgIpc) is 3.46. The number of benzene rings is 1. The Morgan fingerprint density at radius 3 is 2.77 bits per heavy atom. The maximum Gasteiger partial charge on any atom is 0.265 e. The molecule has 31 heavy (non-hydrogen) atoms. The van der Waals surface area contributed by atoms with Gasteiger partial charge in [-0.15, -0.1) is 11.3 Å². The summed E-state index contributed by atoms with van der Waals surface area (Å²) in [6.45, 7) is 5.62. The standard InChI is InChI=1S/C22H25N5O2S2/c1-25(2)22-24-21-19(31-22)14-18(30-21)20(28)23-16-3-4-17-15(13-16)5-6-27(17)8-7-26-9-11-29-12-10-26/h3-6,13-14H,7-12H2,1-2H3,(H,23,28). The van der Waals surface area contributed by atoms with E-state index in [1.54, 1.807) is 11.3 Å². The number of amides is 1. The number of rotatable bonds is 6. The molecule has 1 amide bonds. The first-order valence-corrected chi connectivity index (χ1v) is 12.0. The third kappa shape index (κ3) is 4.31. The van der Waals surface area contributed by atoms with Crippen molar-refractivity contribution in [2.24, 2.45) is 0 Å². The molecular formula is C22H25N5O2S2. The highest BCUT2D eigenvalue weighted by Gasteiger charge is 2.16. The summed E-state index contributed by atoms with van der Waals surface area (Å²) in [5.74, 6) is -0.0901. The zero-order valence-electron chi connectivity index (χ0n) is 17.6. The Hall–Kier alpha value is -2.46. The Bertz CT molecular complexity index is 1190. The van der Waals surface area contributed by atoms with Crippen molar-refractivity contribution in [2.75, 3.05) is 57.2 Å². The molecule has 1 aliphatic heterocycles. The number of anilines is 2. The Labute approximate surface area is 188 Å². The molecule has 0 saturated carbocycles. The lowest BCUT2D eigenvalue weighted by Gasteiger charge is -2.26. The van der Waals surface area contributed by atoms with Gasteiger partial charge in [0.05, 0.1) is 22.8 Å². The highest BCUT2D eigenvalue weighted by atomic mass is 32.1. The summed E-state index contributed by atoms with van der Waals surface area (Å²) in [5, 5.41) is 5.12. The number of carbonyl (C=O) groups excluding carboxylic acids is 1. The maximum atomic E-state index is 12.8. The first-order chi connectivity index (χ1) is 15.1. The summed E-state index contributed by atoms with van der Waals surface area (Å²) in [7, 11) is 3.95. The van der Waals surface area contributed by atoms with Crippen LogP contribution >= 0.6 is 22.7 Å². The van der Waals surface area contributed by atoms with Crippen LogP contribution in [0.25, 0.3) is 20.4 Å². The number of ether oxygens (including phenoxy) is 1. The predicted octanol–water partition coefficient (Wildman–Crippen LogP) is 3.96. The van der Waals surface area contributed by atoms with Gasteiger partial charge in [-0.05, 0) is 30.3 Å². The molecule has 9 heteroatoms. The number of thiophene rings is 1. The fourth-order valence-corrected chi connectivity index (χ4v) is 5.80. The summed E-state index contributed by atoms with van der Waals surface area (Å²) >= 11 is 3.04. The molecule has 1 fully saturated rings. The van der Waals surface area contributed by atoms with Crippen molar-refractivity contribution >= 4 is 59.8 Å². The van der Waals surface area contributed by atoms with Crippen LogP contribution in [0.5, 0.6) is 0 Å². The molecule has 4 aromatic rings. The summed E-state index contributed by atoms with van der Waals surface area (Å²) < 4.78 is 8.75. The minimum atomic E-state index is -0.0901. The lowest BCUT2D eigenvalue weighted by atomic mass is 10.2. The first-order valence-electron chi connectivity index (χ1n) is 10.3. The number of aromatic nitrogens is 2. The lowest BCUT2D eigenvalue weighted by molar-refractivity contribution is 0.0365. The van der Waals surface area contributed by atoms with E-state index in [2.05, 4.69) is 38.1 Å². The topological polar surface area (TPSA) is 62.6 Å². The van der Waals surface area contributed by atoms with Crippen LogP contribution in [0, 0.1) is 0 Å². The largest absolute Gasteiger partial charge is 0.379 e. The fraction of sp³-hybridized carbons (Fsp3) is 0.364. The number of nitrogens with one attached hydrogen (secondary N) is 1. The zero-order chi connectivity index (χ0) is 21.4. The molecule has 162 valence electrons. The normalized spacial score (nSPS) is 15.0. The van der Waals surface area contributed by atoms with E-state index in [-0.39, 0.29) is 5.91 Å². The molecule has 0 unspecified atom stereocenters. The monoisotopic (exact) mass is 455 g/mol. The van der Waals surface area contributed by atoms with E-state index in [0.29, 0.717) is 4.88 Å². The molecule has 0 radical (unpaired) electrons. The Kier molecular flexibility index (Phi) is 5.66. The van der Waals surface area contributed by atoms with Crippen LogP contribution in [0.1, 0.15) is 9.67 Å². The van der Waals surface area contributed by atoms with Crippen LogP contribution in [0.2, 0.25) is 0 Å². The van der Waals surface area contributed by atoms with Crippen molar-refractivity contribution in [1.82, 2.24) is 14.5 Å². The number of hydrogen-bond donors (Lipinski definition) is 1. The van der Waals surface area contributed by atoms with Crippen LogP contribution in [-0.2, 0) is 11.3 Å². The van der Waals surface area contributed by atoms with Gasteiger partial charge in [0.2, 0.25) is 0 Å². The summed E-state index contributed by atoms with van der Waals surface area (Å²) in [4.78, 5) is 23.4. The Morgan fingerprint density at radius 1 is 1.16 bits per heavy atom. The number of nitrogens with zero attached hydrogens (tertiary/aromatic N) is 4. The van der Waals surface area contributed by atoms with E-state index in [9.17, 15) is 4.79 Å². The number of carbonyl (C=O) groups is 1. The molecular weight excluding hydrogens is 430 g/mol. The maximum absolute atomic E-state index is 12.8. The smallest absolute Gasteiger partial charge is 0.265 e. The molecule has 5 rings (SSSR count). The molecule has 3 aromatic heterocycles. The predicted molar refractivity (Wildman–Crippen MR) is 129 cm³/mol. The van der Waals surface area contributed by atoms with Gasteiger partial charge in [-0.25, -0.2) is 4.98 Å². The van der Waals surface area contributed by atoms with Crippen molar-refractivity contribution < 1.29 is 9.53 Å². The fourth-order valence-electron chi connectivity index (χ4n) is 3.77. The molecule has 7 nitrogen and oxygen atoms in total. The Morgan fingerprint density at radius 2 is 2.00 bits per heavy atom. The van der Waals surface area contributed by atoms with Crippen LogP contribution in [-0.4, -0.2) is 67.3 Å². The highest BCUT2D eigenvalue weighted by Crippen LogP contribution is 2.34. The molecule has 0 aliphatic carbocycles. The van der Waals surface area contributed by atoms with E-state index >= 15 is 0 Å². The SMILES string of the molecule is CN(C)c1nc2sc(C(=O)Nc3ccc4c(ccn4CCN4CCOCC4)c3)cc2s1. The first kappa shape index (κ1) is 20.4. The second kappa shape index (κ2) is 8.58. The Balaban J connectivity index is 1.27. The van der Waals surface area contributed by atoms with E-state index in [1.165, 1.54) is 16.9 Å². The summed E-state index contributed by atoms with van der Waals surface area (Å²) in [6.07, 6.45) is 2.12. The third-order valence-corrected chi connectivity index (χ3v) is 7.80. The number of thiazole rings is 1. The van der Waals surface area contributed by atoms with Gasteiger partial charge in [-0.2, -0.15) is 0 Å². The highest BCUT2D eigenvalue weighted by molar-refractivity contribution is 7.29. The third-order valence-electron chi connectivity index (χ3n) is 5.47. The lowest BCUT2D eigenvalue weighted by Crippen LogP contribution is -2.38. The van der Waals surface area contributed by atoms with Gasteiger partial charge in [0, 0.05) is 63.1 Å². The van der Waals surface area contributed by atoms with Crippen molar-refractivity contribution in [1.29, 1.82) is 0 Å². The average molecular weight is 456 g/mol. The van der Waals surface area contributed by atoms with Crippen molar-refractivity contribution in [3.63, 3.8) is 0 Å². The van der Waals surface area contributed by atoms with E-state index in [0.717, 1.165) is 65.1 Å². The number of hydrogen-bond acceptors (Lipinski definition) is 7. The number of morpholine rings is 1. The van der Waals surface area contributed by atoms with Gasteiger partial charge in [-0.1, -0.05) is 11.3 Å². The van der Waals surface area contributed by atoms with Gasteiger partial charge < -0.3 is 19.5 Å². The van der Waals surface area contributed by atoms with Crippen molar-refractivity contribution in [2.45, 2.75) is 6.54 Å². The molecule has 0 bridgehead atoms. The van der Waals surface area contributed by atoms with Gasteiger partial charge >= 0.3 is 0 Å². The molecule has 1 aliphatic rings. The van der Waals surface area contributed by atoms with Crippen molar-refractivity contribution in [3.05, 3.63) is 41.4 Å². The molecule has 1 aromatic carbocycles.